The maximum absolute atomic E-state index is 11.8. The number of carbonyl (C=O) groups excluding carboxylic acids is 2. The Hall–Kier alpha value is -0.810. The van der Waals surface area contributed by atoms with Crippen LogP contribution in [0.3, 0.4) is 0 Å². The van der Waals surface area contributed by atoms with Crippen molar-refractivity contribution in [1.82, 2.24) is 10.2 Å². The van der Waals surface area contributed by atoms with Crippen LogP contribution in [-0.2, 0) is 9.59 Å². The van der Waals surface area contributed by atoms with Crippen molar-refractivity contribution >= 4 is 24.2 Å². The largest absolute Gasteiger partial charge is 0.349 e. The molecule has 1 unspecified atom stereocenters. The van der Waals surface area contributed by atoms with Gasteiger partial charge in [0.25, 0.3) is 0 Å². The maximum atomic E-state index is 11.8. The molecule has 0 bridgehead atoms. The van der Waals surface area contributed by atoms with Crippen molar-refractivity contribution in [3.63, 3.8) is 0 Å². The van der Waals surface area contributed by atoms with Gasteiger partial charge in [0.15, 0.2) is 0 Å². The van der Waals surface area contributed by atoms with Gasteiger partial charge in [0.1, 0.15) is 0 Å². The van der Waals surface area contributed by atoms with Crippen LogP contribution in [-0.4, -0.2) is 40.4 Å². The van der Waals surface area contributed by atoms with E-state index in [2.05, 4.69) is 5.32 Å². The zero-order valence-electron chi connectivity index (χ0n) is 11.7. The van der Waals surface area contributed by atoms with E-state index in [4.69, 9.17) is 5.73 Å². The Morgan fingerprint density at radius 1 is 1.33 bits per heavy atom. The molecule has 0 aromatic carbocycles. The summed E-state index contributed by atoms with van der Waals surface area (Å²) in [6.07, 6.45) is 0.360. The minimum Gasteiger partial charge on any atom is -0.349 e. The first-order valence-corrected chi connectivity index (χ1v) is 5.92. The molecule has 0 aromatic heterocycles. The van der Waals surface area contributed by atoms with Gasteiger partial charge in [-0.05, 0) is 34.6 Å². The van der Waals surface area contributed by atoms with Crippen molar-refractivity contribution in [2.24, 2.45) is 5.73 Å². The first kappa shape index (κ1) is 17.2. The molecule has 1 aliphatic rings. The third-order valence-electron chi connectivity index (χ3n) is 2.86. The van der Waals surface area contributed by atoms with E-state index < -0.39 is 5.54 Å². The average molecular weight is 278 g/mol. The predicted molar refractivity (Wildman–Crippen MR) is 73.5 cm³/mol. The van der Waals surface area contributed by atoms with Gasteiger partial charge in [-0.25, -0.2) is 0 Å². The van der Waals surface area contributed by atoms with E-state index in [1.807, 2.05) is 20.8 Å². The van der Waals surface area contributed by atoms with Crippen LogP contribution in [0.25, 0.3) is 0 Å². The van der Waals surface area contributed by atoms with E-state index in [1.54, 1.807) is 18.7 Å². The molecule has 1 aliphatic heterocycles. The van der Waals surface area contributed by atoms with E-state index in [-0.39, 0.29) is 35.8 Å². The summed E-state index contributed by atoms with van der Waals surface area (Å²) in [7, 11) is 0. The van der Waals surface area contributed by atoms with Gasteiger partial charge in [-0.2, -0.15) is 0 Å². The lowest BCUT2D eigenvalue weighted by Crippen LogP contribution is -2.53. The fraction of sp³-hybridized carbons (Fsp3) is 0.833. The fourth-order valence-corrected chi connectivity index (χ4v) is 1.82. The molecule has 5 nitrogen and oxygen atoms in total. The molecule has 0 aliphatic carbocycles. The number of nitrogens with two attached hydrogens (primary N) is 1. The first-order valence-electron chi connectivity index (χ1n) is 5.92. The molecule has 1 atom stereocenters. The van der Waals surface area contributed by atoms with E-state index in [0.717, 1.165) is 0 Å². The number of carbonyl (C=O) groups is 2. The number of halogens is 1. The molecule has 18 heavy (non-hydrogen) atoms. The van der Waals surface area contributed by atoms with Crippen molar-refractivity contribution in [3.8, 4) is 0 Å². The minimum atomic E-state index is -0.905. The molecule has 2 amide bonds. The van der Waals surface area contributed by atoms with Crippen molar-refractivity contribution < 1.29 is 9.59 Å². The second-order valence-electron chi connectivity index (χ2n) is 6.27. The number of nitrogens with one attached hydrogen (secondary N) is 1. The molecule has 0 aromatic rings. The summed E-state index contributed by atoms with van der Waals surface area (Å²) >= 11 is 0. The Bertz CT molecular complexity index is 331. The smallest absolute Gasteiger partial charge is 0.239 e. The highest BCUT2D eigenvalue weighted by atomic mass is 35.5. The highest BCUT2D eigenvalue weighted by molar-refractivity contribution is 5.87. The predicted octanol–water partition coefficient (Wildman–Crippen LogP) is 0.661. The summed E-state index contributed by atoms with van der Waals surface area (Å²) in [4.78, 5) is 25.3. The molecule has 6 heteroatoms. The van der Waals surface area contributed by atoms with Gasteiger partial charge in [-0.15, -0.1) is 12.4 Å². The Kier molecular flexibility index (Phi) is 5.20. The molecule has 1 saturated heterocycles. The van der Waals surface area contributed by atoms with Gasteiger partial charge >= 0.3 is 0 Å². The van der Waals surface area contributed by atoms with Gasteiger partial charge in [-0.3, -0.25) is 9.59 Å². The maximum Gasteiger partial charge on any atom is 0.239 e. The number of amides is 2. The Morgan fingerprint density at radius 3 is 2.17 bits per heavy atom. The number of nitrogens with zero attached hydrogens (tertiary/aromatic N) is 1. The summed E-state index contributed by atoms with van der Waals surface area (Å²) in [6, 6.07) is -0.128. The molecule has 0 saturated carbocycles. The topological polar surface area (TPSA) is 75.4 Å². The zero-order chi connectivity index (χ0) is 13.4. The number of hydrogen-bond acceptors (Lipinski definition) is 3. The Morgan fingerprint density at radius 2 is 1.83 bits per heavy atom. The molecule has 1 rings (SSSR count). The monoisotopic (exact) mass is 277 g/mol. The van der Waals surface area contributed by atoms with Crippen LogP contribution in [0.15, 0.2) is 0 Å². The summed E-state index contributed by atoms with van der Waals surface area (Å²) in [5.74, 6) is -0.135. The van der Waals surface area contributed by atoms with Crippen LogP contribution in [0.5, 0.6) is 0 Å². The molecular weight excluding hydrogens is 254 g/mol. The fourth-order valence-electron chi connectivity index (χ4n) is 1.82. The Labute approximate surface area is 115 Å². The van der Waals surface area contributed by atoms with Gasteiger partial charge in [-0.1, -0.05) is 0 Å². The van der Waals surface area contributed by atoms with E-state index >= 15 is 0 Å². The number of likely N-dealkylation sites (tertiary alicyclic amines) is 1. The van der Waals surface area contributed by atoms with Crippen LogP contribution in [0, 0.1) is 0 Å². The molecule has 1 heterocycles. The molecule has 0 radical (unpaired) electrons. The SMILES string of the molecule is CC(C)(N)C(=O)NC1CC(=O)N(C(C)(C)C)C1.Cl. The molecular formula is C12H24ClN3O2. The second-order valence-corrected chi connectivity index (χ2v) is 6.27. The number of hydrogen-bond donors (Lipinski definition) is 2. The van der Waals surface area contributed by atoms with E-state index in [9.17, 15) is 9.59 Å². The van der Waals surface area contributed by atoms with Crippen molar-refractivity contribution in [2.75, 3.05) is 6.54 Å². The van der Waals surface area contributed by atoms with Crippen LogP contribution in [0.4, 0.5) is 0 Å². The minimum absolute atomic E-state index is 0. The number of rotatable bonds is 2. The van der Waals surface area contributed by atoms with Crippen molar-refractivity contribution in [3.05, 3.63) is 0 Å². The average Bonchev–Trinajstić information content (AvgIpc) is 2.44. The summed E-state index contributed by atoms with van der Waals surface area (Å²) < 4.78 is 0. The molecule has 1 fully saturated rings. The second kappa shape index (κ2) is 5.45. The van der Waals surface area contributed by atoms with Gasteiger partial charge in [0.05, 0.1) is 11.6 Å². The third kappa shape index (κ3) is 4.14. The molecule has 0 spiro atoms. The van der Waals surface area contributed by atoms with Crippen LogP contribution >= 0.6 is 12.4 Å². The third-order valence-corrected chi connectivity index (χ3v) is 2.86. The van der Waals surface area contributed by atoms with Crippen LogP contribution in [0.1, 0.15) is 41.0 Å². The highest BCUT2D eigenvalue weighted by Gasteiger charge is 2.37. The van der Waals surface area contributed by atoms with Crippen molar-refractivity contribution in [2.45, 2.75) is 58.2 Å². The molecule has 106 valence electrons. The van der Waals surface area contributed by atoms with Gasteiger partial charge < -0.3 is 16.0 Å². The summed E-state index contributed by atoms with van der Waals surface area (Å²) in [5.41, 5.74) is 4.60. The van der Waals surface area contributed by atoms with E-state index in [1.165, 1.54) is 0 Å². The standard InChI is InChI=1S/C12H23N3O2.ClH/c1-11(2,3)15-7-8(6-9(15)16)14-10(17)12(4,5)13;/h8H,6-7,13H2,1-5H3,(H,14,17);1H. The zero-order valence-corrected chi connectivity index (χ0v) is 12.6. The van der Waals surface area contributed by atoms with Gasteiger partial charge in [0.2, 0.25) is 11.8 Å². The lowest BCUT2D eigenvalue weighted by Gasteiger charge is -2.32. The summed E-state index contributed by atoms with van der Waals surface area (Å²) in [5, 5.41) is 2.82. The van der Waals surface area contributed by atoms with E-state index in [0.29, 0.717) is 13.0 Å². The Balaban J connectivity index is 0.00000289. The quantitative estimate of drug-likeness (QED) is 0.779. The summed E-state index contributed by atoms with van der Waals surface area (Å²) in [6.45, 7) is 9.83. The highest BCUT2D eigenvalue weighted by Crippen LogP contribution is 2.22. The van der Waals surface area contributed by atoms with Crippen LogP contribution < -0.4 is 11.1 Å². The first-order chi connectivity index (χ1) is 7.51. The lowest BCUT2D eigenvalue weighted by atomic mass is 10.1. The van der Waals surface area contributed by atoms with Crippen LogP contribution in [0.2, 0.25) is 0 Å². The van der Waals surface area contributed by atoms with Crippen molar-refractivity contribution in [1.29, 1.82) is 0 Å². The molecule has 3 N–H and O–H groups in total. The van der Waals surface area contributed by atoms with Gasteiger partial charge in [0, 0.05) is 18.5 Å². The lowest BCUT2D eigenvalue weighted by molar-refractivity contribution is -0.131. The normalized spacial score (nSPS) is 20.7.